The smallest absolute Gasteiger partial charge is 0.160 e. The maximum atomic E-state index is 6.07. The van der Waals surface area contributed by atoms with Crippen LogP contribution in [0.1, 0.15) is 0 Å². The van der Waals surface area contributed by atoms with Crippen LogP contribution in [0, 0.1) is 0 Å². The van der Waals surface area contributed by atoms with E-state index in [4.69, 9.17) is 4.12 Å². The molecule has 0 saturated carbocycles. The molecule has 0 aromatic heterocycles. The van der Waals surface area contributed by atoms with E-state index in [-0.39, 0.29) is 0 Å². The summed E-state index contributed by atoms with van der Waals surface area (Å²) in [5.41, 5.74) is 0. The number of hydrogen-bond donors (Lipinski definition) is 0. The molecule has 4 heteroatoms. The molecule has 1 aliphatic heterocycles. The third-order valence-electron chi connectivity index (χ3n) is 3.52. The Morgan fingerprint density at radius 2 is 1.00 bits per heavy atom. The van der Waals surface area contributed by atoms with Gasteiger partial charge in [0.1, 0.15) is 0 Å². The van der Waals surface area contributed by atoms with Crippen LogP contribution in [0.2, 0.25) is 39.3 Å². The van der Waals surface area contributed by atoms with E-state index in [1.165, 1.54) is 0 Å². The topological polar surface area (TPSA) is 9.23 Å². The Balaban J connectivity index is 2.85. The quantitative estimate of drug-likeness (QED) is 0.533. The fraction of sp³-hybridized carbons (Fsp3) is 1.00. The molecule has 0 radical (unpaired) electrons. The molecular formula is C6H18OSi3. The lowest BCUT2D eigenvalue weighted by Crippen LogP contribution is -2.85. The van der Waals surface area contributed by atoms with Gasteiger partial charge in [0.2, 0.25) is 0 Å². The molecule has 0 aromatic carbocycles. The summed E-state index contributed by atoms with van der Waals surface area (Å²) in [6, 6.07) is 0. The second-order valence-electron chi connectivity index (χ2n) is 4.75. The van der Waals surface area contributed by atoms with Gasteiger partial charge in [-0.05, 0) is 26.2 Å². The Morgan fingerprint density at radius 1 is 0.700 bits per heavy atom. The van der Waals surface area contributed by atoms with Gasteiger partial charge in [-0.1, -0.05) is 13.1 Å². The molecule has 0 bridgehead atoms. The molecule has 0 aromatic rings. The van der Waals surface area contributed by atoms with Gasteiger partial charge < -0.3 is 4.12 Å². The van der Waals surface area contributed by atoms with Crippen molar-refractivity contribution in [2.45, 2.75) is 39.3 Å². The van der Waals surface area contributed by atoms with Gasteiger partial charge in [-0.25, -0.2) is 0 Å². The zero-order chi connectivity index (χ0) is 8.21. The largest absolute Gasteiger partial charge is 0.460 e. The van der Waals surface area contributed by atoms with Crippen LogP contribution in [0.15, 0.2) is 0 Å². The molecule has 10 heavy (non-hydrogen) atoms. The Bertz CT molecular complexity index is 146. The Morgan fingerprint density at radius 3 is 1.00 bits per heavy atom. The summed E-state index contributed by atoms with van der Waals surface area (Å²) in [7, 11) is -3.08. The highest BCUT2D eigenvalue weighted by molar-refractivity contribution is 7.73. The van der Waals surface area contributed by atoms with Crippen LogP contribution in [-0.2, 0) is 4.12 Å². The molecule has 1 heterocycles. The summed E-state index contributed by atoms with van der Waals surface area (Å²) in [6.45, 7) is 14.6. The first-order valence-corrected chi connectivity index (χ1v) is 14.7. The van der Waals surface area contributed by atoms with Gasteiger partial charge in [-0.3, -0.25) is 0 Å². The van der Waals surface area contributed by atoms with Gasteiger partial charge in [0.25, 0.3) is 0 Å². The highest BCUT2D eigenvalue weighted by Gasteiger charge is 2.65. The highest BCUT2D eigenvalue weighted by Crippen LogP contribution is 2.41. The van der Waals surface area contributed by atoms with E-state index in [2.05, 4.69) is 39.3 Å². The molecule has 1 fully saturated rings. The van der Waals surface area contributed by atoms with Crippen molar-refractivity contribution in [2.75, 3.05) is 0 Å². The molecular weight excluding hydrogens is 172 g/mol. The van der Waals surface area contributed by atoms with Crippen LogP contribution >= 0.6 is 0 Å². The third-order valence-corrected chi connectivity index (χ3v) is 44.4. The predicted molar refractivity (Wildman–Crippen MR) is 53.5 cm³/mol. The molecule has 1 aliphatic rings. The fourth-order valence-electron chi connectivity index (χ4n) is 1.57. The van der Waals surface area contributed by atoms with Gasteiger partial charge in [0.15, 0.2) is 15.7 Å². The van der Waals surface area contributed by atoms with E-state index in [1.807, 2.05) is 0 Å². The SMILES string of the molecule is C[Si]1(C)O[Si](C)(C)[Si]1(C)C. The maximum Gasteiger partial charge on any atom is 0.160 e. The first kappa shape index (κ1) is 8.70. The summed E-state index contributed by atoms with van der Waals surface area (Å²) < 4.78 is 6.07. The lowest BCUT2D eigenvalue weighted by molar-refractivity contribution is 0.558. The van der Waals surface area contributed by atoms with Crippen LogP contribution in [0.25, 0.3) is 0 Å². The van der Waals surface area contributed by atoms with Gasteiger partial charge in [0.05, 0.1) is 7.11 Å². The highest BCUT2D eigenvalue weighted by atomic mass is 29.7. The summed E-state index contributed by atoms with van der Waals surface area (Å²) in [5, 5.41) is 0. The van der Waals surface area contributed by atoms with Crippen molar-refractivity contribution in [3.63, 3.8) is 0 Å². The minimum atomic E-state index is -1.11. The molecule has 0 N–H and O–H groups in total. The van der Waals surface area contributed by atoms with E-state index in [1.54, 1.807) is 0 Å². The second kappa shape index (κ2) is 1.85. The number of hydrogen-bond acceptors (Lipinski definition) is 1. The standard InChI is InChI=1S/C6H18OSi3/c1-8(2)7-9(3,4)10(8,5)6/h1-6H3. The van der Waals surface area contributed by atoms with Crippen molar-refractivity contribution in [1.82, 2.24) is 0 Å². The van der Waals surface area contributed by atoms with E-state index in [9.17, 15) is 0 Å². The maximum absolute atomic E-state index is 6.07. The van der Waals surface area contributed by atoms with E-state index in [0.717, 1.165) is 0 Å². The summed E-state index contributed by atoms with van der Waals surface area (Å²) in [4.78, 5) is 0. The van der Waals surface area contributed by atoms with Crippen LogP contribution in [-0.4, -0.2) is 22.8 Å². The summed E-state index contributed by atoms with van der Waals surface area (Å²) in [5.74, 6) is 0. The van der Waals surface area contributed by atoms with Gasteiger partial charge >= 0.3 is 0 Å². The molecule has 1 rings (SSSR count). The molecule has 0 unspecified atom stereocenters. The van der Waals surface area contributed by atoms with Crippen LogP contribution in [0.4, 0.5) is 0 Å². The lowest BCUT2D eigenvalue weighted by Gasteiger charge is -2.60. The van der Waals surface area contributed by atoms with Gasteiger partial charge in [-0.15, -0.1) is 0 Å². The van der Waals surface area contributed by atoms with E-state index in [0.29, 0.717) is 0 Å². The molecule has 0 atom stereocenters. The summed E-state index contributed by atoms with van der Waals surface area (Å²) in [6.07, 6.45) is 0. The van der Waals surface area contributed by atoms with Crippen molar-refractivity contribution in [3.05, 3.63) is 0 Å². The molecule has 0 amide bonds. The monoisotopic (exact) mass is 190 g/mol. The van der Waals surface area contributed by atoms with Crippen LogP contribution in [0.3, 0.4) is 0 Å². The predicted octanol–water partition coefficient (Wildman–Crippen LogP) is 2.29. The first-order valence-electron chi connectivity index (χ1n) is 3.91. The summed E-state index contributed by atoms with van der Waals surface area (Å²) >= 11 is 0. The molecule has 1 nitrogen and oxygen atoms in total. The fourth-order valence-corrected chi connectivity index (χ4v) is 35.1. The molecule has 1 saturated heterocycles. The van der Waals surface area contributed by atoms with Crippen molar-refractivity contribution in [2.24, 2.45) is 0 Å². The molecule has 0 spiro atoms. The van der Waals surface area contributed by atoms with E-state index < -0.39 is 22.8 Å². The Labute approximate surface area is 66.6 Å². The van der Waals surface area contributed by atoms with Crippen molar-refractivity contribution < 1.29 is 4.12 Å². The number of rotatable bonds is 0. The zero-order valence-corrected chi connectivity index (χ0v) is 10.9. The normalized spacial score (nSPS) is 33.0. The zero-order valence-electron chi connectivity index (χ0n) is 7.91. The Hall–Kier alpha value is 0.611. The minimum Gasteiger partial charge on any atom is -0.460 e. The van der Waals surface area contributed by atoms with Crippen molar-refractivity contribution >= 4 is 22.8 Å². The first-order chi connectivity index (χ1) is 4.21. The van der Waals surface area contributed by atoms with Crippen LogP contribution < -0.4 is 0 Å². The third kappa shape index (κ3) is 0.823. The van der Waals surface area contributed by atoms with Crippen molar-refractivity contribution in [1.29, 1.82) is 0 Å². The van der Waals surface area contributed by atoms with Crippen LogP contribution in [0.5, 0.6) is 0 Å². The molecule has 0 aliphatic carbocycles. The average molecular weight is 190 g/mol. The Kier molecular flexibility index (Phi) is 1.61. The van der Waals surface area contributed by atoms with Crippen molar-refractivity contribution in [3.8, 4) is 0 Å². The molecule has 60 valence electrons. The second-order valence-corrected chi connectivity index (χ2v) is 31.1. The minimum absolute atomic E-state index is 0.850. The van der Waals surface area contributed by atoms with Gasteiger partial charge in [-0.2, -0.15) is 0 Å². The van der Waals surface area contributed by atoms with Gasteiger partial charge in [0, 0.05) is 0 Å². The average Bonchev–Trinajstić information content (AvgIpc) is 1.61. The lowest BCUT2D eigenvalue weighted by atomic mass is 11.9. The van der Waals surface area contributed by atoms with E-state index >= 15 is 0 Å².